The van der Waals surface area contributed by atoms with Gasteiger partial charge in [0.1, 0.15) is 29.9 Å². The number of ether oxygens (including phenoxy) is 1. The first-order valence-electron chi connectivity index (χ1n) is 10.7. The van der Waals surface area contributed by atoms with Crippen LogP contribution < -0.4 is 25.4 Å². The Hall–Kier alpha value is -3.74. The summed E-state index contributed by atoms with van der Waals surface area (Å²) in [4.78, 5) is 29.4. The van der Waals surface area contributed by atoms with E-state index < -0.39 is 23.6 Å². The van der Waals surface area contributed by atoms with Crippen molar-refractivity contribution < 1.29 is 23.4 Å². The number of hydrogen-bond donors (Lipinski definition) is 3. The molecule has 1 unspecified atom stereocenters. The van der Waals surface area contributed by atoms with Crippen LogP contribution in [0.5, 0.6) is 5.75 Å². The monoisotopic (exact) mass is 477 g/mol. The maximum atomic E-state index is 14.8. The van der Waals surface area contributed by atoms with E-state index in [1.807, 2.05) is 4.90 Å². The summed E-state index contributed by atoms with van der Waals surface area (Å²) in [5.74, 6) is -1.87. The van der Waals surface area contributed by atoms with Crippen LogP contribution in [0.25, 0.3) is 11.0 Å². The van der Waals surface area contributed by atoms with E-state index in [1.165, 1.54) is 11.6 Å². The summed E-state index contributed by atoms with van der Waals surface area (Å²) in [6.45, 7) is 3.33. The Labute approximate surface area is 192 Å². The molecule has 0 amide bonds. The summed E-state index contributed by atoms with van der Waals surface area (Å²) in [6, 6.07) is 3.27. The van der Waals surface area contributed by atoms with Crippen molar-refractivity contribution in [3.8, 4) is 5.75 Å². The first-order valence-corrected chi connectivity index (χ1v) is 10.7. The van der Waals surface area contributed by atoms with Gasteiger partial charge in [-0.15, -0.1) is 5.10 Å². The van der Waals surface area contributed by atoms with Crippen molar-refractivity contribution in [3.63, 3.8) is 0 Å². The minimum Gasteiger partial charge on any atom is -0.492 e. The van der Waals surface area contributed by atoms with Gasteiger partial charge < -0.3 is 29.9 Å². The van der Waals surface area contributed by atoms with Crippen molar-refractivity contribution in [1.82, 2.24) is 25.3 Å². The molecule has 0 bridgehead atoms. The first kappa shape index (κ1) is 23.4. The van der Waals surface area contributed by atoms with Crippen LogP contribution in [0.1, 0.15) is 6.92 Å². The molecule has 2 aromatic heterocycles. The first-order chi connectivity index (χ1) is 16.2. The minimum atomic E-state index is -0.998. The number of nitrogens with zero attached hydrogens (tertiary/aromatic N) is 5. The van der Waals surface area contributed by atoms with E-state index in [0.717, 1.165) is 12.1 Å². The summed E-state index contributed by atoms with van der Waals surface area (Å²) in [5, 5.41) is 19.3. The Morgan fingerprint density at radius 3 is 2.50 bits per heavy atom. The number of aromatic amines is 1. The molecule has 4 rings (SSSR count). The number of rotatable bonds is 8. The second kappa shape index (κ2) is 9.63. The van der Waals surface area contributed by atoms with Gasteiger partial charge in [-0.3, -0.25) is 9.59 Å². The number of hydrogen-bond acceptors (Lipinski definition) is 8. The molecule has 182 valence electrons. The zero-order valence-electron chi connectivity index (χ0n) is 18.7. The fourth-order valence-electron chi connectivity index (χ4n) is 3.83. The number of fused-ring (bicyclic) bond motifs is 1. The second-order valence-corrected chi connectivity index (χ2v) is 8.00. The molecule has 0 spiro atoms. The summed E-state index contributed by atoms with van der Waals surface area (Å²) in [6.07, 6.45) is 0. The Bertz CT molecular complexity index is 1230. The van der Waals surface area contributed by atoms with E-state index in [0.29, 0.717) is 37.5 Å². The van der Waals surface area contributed by atoms with E-state index in [-0.39, 0.29) is 35.7 Å². The molecule has 1 saturated heterocycles. The lowest BCUT2D eigenvalue weighted by molar-refractivity contribution is -0.139. The van der Waals surface area contributed by atoms with Crippen molar-refractivity contribution in [2.24, 2.45) is 7.05 Å². The minimum absolute atomic E-state index is 0.0258. The van der Waals surface area contributed by atoms with Crippen molar-refractivity contribution in [2.45, 2.75) is 13.0 Å². The molecule has 0 radical (unpaired) electrons. The van der Waals surface area contributed by atoms with Crippen molar-refractivity contribution >= 4 is 28.5 Å². The van der Waals surface area contributed by atoms with Gasteiger partial charge >= 0.3 is 5.97 Å². The van der Waals surface area contributed by atoms with Gasteiger partial charge in [0.15, 0.2) is 17.2 Å². The van der Waals surface area contributed by atoms with E-state index in [2.05, 4.69) is 20.6 Å². The Balaban J connectivity index is 1.39. The normalized spacial score (nSPS) is 15.1. The predicted octanol–water partition coefficient (Wildman–Crippen LogP) is 0.703. The van der Waals surface area contributed by atoms with Crippen molar-refractivity contribution in [3.05, 3.63) is 40.2 Å². The zero-order valence-corrected chi connectivity index (χ0v) is 18.7. The molecule has 0 saturated carbocycles. The van der Waals surface area contributed by atoms with Crippen molar-refractivity contribution in [1.29, 1.82) is 0 Å². The molecule has 34 heavy (non-hydrogen) atoms. The molecule has 13 heteroatoms. The predicted molar refractivity (Wildman–Crippen MR) is 121 cm³/mol. The van der Waals surface area contributed by atoms with Crippen LogP contribution >= 0.6 is 0 Å². The van der Waals surface area contributed by atoms with E-state index in [9.17, 15) is 18.4 Å². The SMILES string of the molecule is CC(NCCOc1cc(F)c(N2CCN(c3cc4c(nnn4C)c(=O)[nH]3)CC2)c(F)c1)C(=O)O. The molecule has 3 heterocycles. The number of halogens is 2. The fraction of sp³-hybridized carbons (Fsp3) is 0.429. The summed E-state index contributed by atoms with van der Waals surface area (Å²) < 4.78 is 36.4. The molecule has 1 aliphatic rings. The maximum Gasteiger partial charge on any atom is 0.320 e. The lowest BCUT2D eigenvalue weighted by Gasteiger charge is -2.37. The molecule has 1 fully saturated rings. The molecule has 1 aliphatic heterocycles. The van der Waals surface area contributed by atoms with Gasteiger partial charge in [-0.1, -0.05) is 5.21 Å². The number of carboxylic acid groups (broad SMARTS) is 1. The third-order valence-electron chi connectivity index (χ3n) is 5.72. The average molecular weight is 477 g/mol. The zero-order chi connectivity index (χ0) is 24.4. The number of carbonyl (C=O) groups is 1. The van der Waals surface area contributed by atoms with Crippen LogP contribution in [0.3, 0.4) is 0 Å². The highest BCUT2D eigenvalue weighted by Gasteiger charge is 2.24. The van der Waals surface area contributed by atoms with Gasteiger partial charge in [-0.2, -0.15) is 0 Å². The molecule has 3 N–H and O–H groups in total. The smallest absolute Gasteiger partial charge is 0.320 e. The van der Waals surface area contributed by atoms with Crippen molar-refractivity contribution in [2.75, 3.05) is 49.1 Å². The summed E-state index contributed by atoms with van der Waals surface area (Å²) in [5.41, 5.74) is 0.373. The van der Waals surface area contributed by atoms with Gasteiger partial charge in [0.25, 0.3) is 5.56 Å². The largest absolute Gasteiger partial charge is 0.492 e. The highest BCUT2D eigenvalue weighted by Crippen LogP contribution is 2.29. The molecule has 1 atom stereocenters. The van der Waals surface area contributed by atoms with Crippen LogP contribution in [0, 0.1) is 11.6 Å². The number of anilines is 2. The second-order valence-electron chi connectivity index (χ2n) is 8.00. The van der Waals surface area contributed by atoms with Crippen LogP contribution in [0.15, 0.2) is 23.0 Å². The van der Waals surface area contributed by atoms with Crippen LogP contribution in [-0.4, -0.2) is 76.4 Å². The van der Waals surface area contributed by atoms with Crippen LogP contribution in [0.4, 0.5) is 20.3 Å². The topological polar surface area (TPSA) is 129 Å². The number of pyridine rings is 1. The Morgan fingerprint density at radius 2 is 1.85 bits per heavy atom. The standard InChI is InChI=1S/C21H25F2N7O4/c1-12(21(32)33)24-3-8-34-13-9-14(22)19(15(23)10-13)30-6-4-29(5-7-30)17-11-16-18(20(31)25-17)26-27-28(16)2/h9-12,24H,3-8H2,1-2H3,(H,25,31)(H,32,33). The number of carboxylic acids is 1. The molecule has 3 aromatic rings. The summed E-state index contributed by atoms with van der Waals surface area (Å²) >= 11 is 0. The highest BCUT2D eigenvalue weighted by molar-refractivity contribution is 5.76. The third kappa shape index (κ3) is 4.78. The lowest BCUT2D eigenvalue weighted by atomic mass is 10.2. The van der Waals surface area contributed by atoms with E-state index in [4.69, 9.17) is 9.84 Å². The van der Waals surface area contributed by atoms with Gasteiger partial charge in [0.05, 0.1) is 5.52 Å². The van der Waals surface area contributed by atoms with Crippen LogP contribution in [0.2, 0.25) is 0 Å². The fourth-order valence-corrected chi connectivity index (χ4v) is 3.83. The quantitative estimate of drug-likeness (QED) is 0.402. The number of aliphatic carboxylic acids is 1. The average Bonchev–Trinajstić information content (AvgIpc) is 3.18. The van der Waals surface area contributed by atoms with Crippen LogP contribution in [-0.2, 0) is 11.8 Å². The molecular weight excluding hydrogens is 452 g/mol. The third-order valence-corrected chi connectivity index (χ3v) is 5.72. The van der Waals surface area contributed by atoms with Gasteiger partial charge in [0.2, 0.25) is 0 Å². The molecular formula is C21H25F2N7O4. The van der Waals surface area contributed by atoms with E-state index >= 15 is 0 Å². The number of piperazine rings is 1. The van der Waals surface area contributed by atoms with Gasteiger partial charge in [-0.25, -0.2) is 13.5 Å². The number of aromatic nitrogens is 4. The maximum absolute atomic E-state index is 14.8. The van der Waals surface area contributed by atoms with E-state index in [1.54, 1.807) is 18.0 Å². The highest BCUT2D eigenvalue weighted by atomic mass is 19.1. The number of benzene rings is 1. The Morgan fingerprint density at radius 1 is 1.21 bits per heavy atom. The van der Waals surface area contributed by atoms with Gasteiger partial charge in [-0.05, 0) is 6.92 Å². The molecule has 0 aliphatic carbocycles. The number of aryl methyl sites for hydroxylation is 1. The number of nitrogens with one attached hydrogen (secondary N) is 2. The lowest BCUT2D eigenvalue weighted by Crippen LogP contribution is -2.47. The Kier molecular flexibility index (Phi) is 6.63. The summed E-state index contributed by atoms with van der Waals surface area (Å²) in [7, 11) is 1.70. The molecule has 1 aromatic carbocycles. The molecule has 11 nitrogen and oxygen atoms in total. The van der Waals surface area contributed by atoms with Gasteiger partial charge in [0, 0.05) is 58.0 Å². The number of H-pyrrole nitrogens is 1.